The van der Waals surface area contributed by atoms with Gasteiger partial charge in [0.05, 0.1) is 18.7 Å². The molecule has 0 aromatic heterocycles. The quantitative estimate of drug-likeness (QED) is 0.513. The van der Waals surface area contributed by atoms with Crippen molar-refractivity contribution < 1.29 is 9.53 Å². The maximum atomic E-state index is 12.1. The lowest BCUT2D eigenvalue weighted by molar-refractivity contribution is 0.0600. The highest BCUT2D eigenvalue weighted by Crippen LogP contribution is 2.52. The SMILES string of the molecule is COC(=O)c1ccc2c(c1C)N[C@H](c1ccc(Cl)cc1Cl)[C@@H]1CC=C[C@H]21. The van der Waals surface area contributed by atoms with E-state index in [1.165, 1.54) is 12.7 Å². The summed E-state index contributed by atoms with van der Waals surface area (Å²) < 4.78 is 4.92. The molecule has 1 aliphatic carbocycles. The van der Waals surface area contributed by atoms with E-state index in [0.29, 0.717) is 27.4 Å². The molecule has 0 amide bonds. The predicted octanol–water partition coefficient (Wildman–Crippen LogP) is 5.91. The Kier molecular flexibility index (Phi) is 4.45. The van der Waals surface area contributed by atoms with Crippen molar-refractivity contribution in [1.29, 1.82) is 0 Å². The highest BCUT2D eigenvalue weighted by atomic mass is 35.5. The number of carbonyl (C=O) groups is 1. The van der Waals surface area contributed by atoms with Gasteiger partial charge in [0.25, 0.3) is 0 Å². The summed E-state index contributed by atoms with van der Waals surface area (Å²) in [6, 6.07) is 9.59. The van der Waals surface area contributed by atoms with Crippen molar-refractivity contribution >= 4 is 34.9 Å². The van der Waals surface area contributed by atoms with Gasteiger partial charge in [0.2, 0.25) is 0 Å². The Morgan fingerprint density at radius 3 is 2.69 bits per heavy atom. The largest absolute Gasteiger partial charge is 0.465 e. The lowest BCUT2D eigenvalue weighted by atomic mass is 9.76. The first-order valence-electron chi connectivity index (χ1n) is 8.61. The lowest BCUT2D eigenvalue weighted by Gasteiger charge is -2.39. The van der Waals surface area contributed by atoms with Crippen LogP contribution in [0.5, 0.6) is 0 Å². The molecule has 3 nitrogen and oxygen atoms in total. The van der Waals surface area contributed by atoms with Crippen molar-refractivity contribution in [1.82, 2.24) is 0 Å². The van der Waals surface area contributed by atoms with Gasteiger partial charge in [0, 0.05) is 21.7 Å². The number of allylic oxidation sites excluding steroid dienone is 2. The van der Waals surface area contributed by atoms with Crippen molar-refractivity contribution in [3.63, 3.8) is 0 Å². The van der Waals surface area contributed by atoms with Crippen LogP contribution in [0.4, 0.5) is 5.69 Å². The number of ether oxygens (including phenoxy) is 1. The third kappa shape index (κ3) is 2.70. The van der Waals surface area contributed by atoms with Crippen LogP contribution >= 0.6 is 23.2 Å². The molecular formula is C21H19Cl2NO2. The Bertz CT molecular complexity index is 922. The second kappa shape index (κ2) is 6.64. The standard InChI is InChI=1S/C21H19Cl2NO2/c1-11-13(21(25)26-2)8-9-16-14-4-3-5-15(14)20(24-19(11)16)17-7-6-12(22)10-18(17)23/h3-4,6-10,14-15,20,24H,5H2,1-2H3/t14-,15+,20-/m0/s1. The summed E-state index contributed by atoms with van der Waals surface area (Å²) in [5.41, 5.74) is 4.73. The van der Waals surface area contributed by atoms with Gasteiger partial charge in [-0.25, -0.2) is 4.79 Å². The molecule has 1 N–H and O–H groups in total. The van der Waals surface area contributed by atoms with E-state index in [2.05, 4.69) is 17.5 Å². The number of nitrogens with one attached hydrogen (secondary N) is 1. The smallest absolute Gasteiger partial charge is 0.338 e. The summed E-state index contributed by atoms with van der Waals surface area (Å²) in [5, 5.41) is 4.94. The van der Waals surface area contributed by atoms with E-state index in [-0.39, 0.29) is 12.0 Å². The number of hydrogen-bond donors (Lipinski definition) is 1. The van der Waals surface area contributed by atoms with Crippen LogP contribution in [0.1, 0.15) is 45.4 Å². The zero-order valence-corrected chi connectivity index (χ0v) is 16.1. The van der Waals surface area contributed by atoms with Crippen LogP contribution in [0.25, 0.3) is 0 Å². The molecule has 0 radical (unpaired) electrons. The maximum absolute atomic E-state index is 12.1. The minimum Gasteiger partial charge on any atom is -0.465 e. The molecule has 0 saturated carbocycles. The van der Waals surface area contributed by atoms with Gasteiger partial charge in [0.15, 0.2) is 0 Å². The van der Waals surface area contributed by atoms with Crippen molar-refractivity contribution in [2.24, 2.45) is 5.92 Å². The van der Waals surface area contributed by atoms with E-state index < -0.39 is 0 Å². The van der Waals surface area contributed by atoms with E-state index in [1.54, 1.807) is 6.07 Å². The van der Waals surface area contributed by atoms with E-state index >= 15 is 0 Å². The van der Waals surface area contributed by atoms with Gasteiger partial charge >= 0.3 is 5.97 Å². The number of fused-ring (bicyclic) bond motifs is 3. The van der Waals surface area contributed by atoms with Gasteiger partial charge in [-0.2, -0.15) is 0 Å². The van der Waals surface area contributed by atoms with Crippen molar-refractivity contribution in [2.45, 2.75) is 25.3 Å². The third-order valence-electron chi connectivity index (χ3n) is 5.50. The molecule has 2 aromatic rings. The molecule has 2 aliphatic rings. The average molecular weight is 388 g/mol. The Morgan fingerprint density at radius 2 is 1.96 bits per heavy atom. The molecule has 0 fully saturated rings. The predicted molar refractivity (Wildman–Crippen MR) is 105 cm³/mol. The molecule has 1 heterocycles. The molecule has 0 spiro atoms. The molecule has 5 heteroatoms. The first-order valence-corrected chi connectivity index (χ1v) is 9.36. The molecule has 1 aliphatic heterocycles. The molecule has 2 aromatic carbocycles. The Balaban J connectivity index is 1.84. The van der Waals surface area contributed by atoms with Gasteiger partial charge in [-0.1, -0.05) is 47.5 Å². The minimum atomic E-state index is -0.322. The minimum absolute atomic E-state index is 0.0545. The number of halogens is 2. The van der Waals surface area contributed by atoms with Crippen molar-refractivity contribution in [3.05, 3.63) is 74.8 Å². The number of hydrogen-bond acceptors (Lipinski definition) is 3. The summed E-state index contributed by atoms with van der Waals surface area (Å²) in [6.07, 6.45) is 5.48. The van der Waals surface area contributed by atoms with E-state index in [1.807, 2.05) is 31.2 Å². The normalized spacial score (nSPS) is 23.2. The topological polar surface area (TPSA) is 38.3 Å². The van der Waals surface area contributed by atoms with Crippen LogP contribution in [-0.2, 0) is 4.74 Å². The number of anilines is 1. The van der Waals surface area contributed by atoms with Gasteiger partial charge in [-0.05, 0) is 54.2 Å². The molecule has 134 valence electrons. The van der Waals surface area contributed by atoms with E-state index in [9.17, 15) is 4.79 Å². The fraction of sp³-hybridized carbons (Fsp3) is 0.286. The van der Waals surface area contributed by atoms with Gasteiger partial charge in [0.1, 0.15) is 0 Å². The average Bonchev–Trinajstić information content (AvgIpc) is 3.11. The molecule has 3 atom stereocenters. The summed E-state index contributed by atoms with van der Waals surface area (Å²) in [4.78, 5) is 12.1. The summed E-state index contributed by atoms with van der Waals surface area (Å²) >= 11 is 12.6. The first kappa shape index (κ1) is 17.4. The van der Waals surface area contributed by atoms with Crippen LogP contribution in [0.15, 0.2) is 42.5 Å². The molecule has 26 heavy (non-hydrogen) atoms. The number of esters is 1. The Hall–Kier alpha value is -1.97. The van der Waals surface area contributed by atoms with Crippen LogP contribution in [-0.4, -0.2) is 13.1 Å². The van der Waals surface area contributed by atoms with Gasteiger partial charge in [-0.15, -0.1) is 0 Å². The monoisotopic (exact) mass is 387 g/mol. The molecular weight excluding hydrogens is 369 g/mol. The summed E-state index contributed by atoms with van der Waals surface area (Å²) in [6.45, 7) is 1.96. The molecule has 0 bridgehead atoms. The van der Waals surface area contributed by atoms with Crippen molar-refractivity contribution in [2.75, 3.05) is 12.4 Å². The zero-order valence-electron chi connectivity index (χ0n) is 14.6. The highest BCUT2D eigenvalue weighted by Gasteiger charge is 2.39. The fourth-order valence-corrected chi connectivity index (χ4v) is 4.73. The zero-order chi connectivity index (χ0) is 18.4. The van der Waals surface area contributed by atoms with Crippen LogP contribution in [0.2, 0.25) is 10.0 Å². The second-order valence-corrected chi connectivity index (χ2v) is 7.68. The number of benzene rings is 2. The molecule has 4 rings (SSSR count). The van der Waals surface area contributed by atoms with E-state index in [4.69, 9.17) is 27.9 Å². The van der Waals surface area contributed by atoms with E-state index in [0.717, 1.165) is 23.2 Å². The first-order chi connectivity index (χ1) is 12.5. The highest BCUT2D eigenvalue weighted by molar-refractivity contribution is 6.35. The van der Waals surface area contributed by atoms with Gasteiger partial charge in [-0.3, -0.25) is 0 Å². The number of methoxy groups -OCH3 is 1. The lowest BCUT2D eigenvalue weighted by Crippen LogP contribution is -2.30. The van der Waals surface area contributed by atoms with Crippen LogP contribution in [0, 0.1) is 12.8 Å². The molecule has 0 unspecified atom stereocenters. The summed E-state index contributed by atoms with van der Waals surface area (Å²) in [7, 11) is 1.40. The van der Waals surface area contributed by atoms with Crippen LogP contribution < -0.4 is 5.32 Å². The van der Waals surface area contributed by atoms with Gasteiger partial charge < -0.3 is 10.1 Å². The summed E-state index contributed by atoms with van der Waals surface area (Å²) in [5.74, 6) is 0.357. The van der Waals surface area contributed by atoms with Crippen molar-refractivity contribution in [3.8, 4) is 0 Å². The number of carbonyl (C=O) groups excluding carboxylic acids is 1. The third-order valence-corrected chi connectivity index (χ3v) is 6.06. The Labute approximate surface area is 163 Å². The van der Waals surface area contributed by atoms with Crippen LogP contribution in [0.3, 0.4) is 0 Å². The molecule has 0 saturated heterocycles. The maximum Gasteiger partial charge on any atom is 0.338 e. The fourth-order valence-electron chi connectivity index (χ4n) is 4.21. The number of rotatable bonds is 2. The second-order valence-electron chi connectivity index (χ2n) is 6.84. The Morgan fingerprint density at radius 1 is 1.19 bits per heavy atom.